The van der Waals surface area contributed by atoms with Gasteiger partial charge < -0.3 is 0 Å². The number of hydrazone groups is 1. The Morgan fingerprint density at radius 2 is 1.96 bits per heavy atom. The predicted octanol–water partition coefficient (Wildman–Crippen LogP) is 1.87. The van der Waals surface area contributed by atoms with Gasteiger partial charge in [0.2, 0.25) is 11.4 Å². The molecular formula is C16H20N4O3. The van der Waals surface area contributed by atoms with E-state index in [-0.39, 0.29) is 0 Å². The Balaban J connectivity index is 2.61. The molecule has 122 valence electrons. The summed E-state index contributed by atoms with van der Waals surface area (Å²) in [7, 11) is 0. The molecule has 0 aliphatic carbocycles. The number of benzene rings is 1. The minimum atomic E-state index is -1.70. The van der Waals surface area contributed by atoms with Crippen molar-refractivity contribution in [3.8, 4) is 0 Å². The third-order valence-corrected chi connectivity index (χ3v) is 3.81. The third-order valence-electron chi connectivity index (χ3n) is 3.81. The van der Waals surface area contributed by atoms with Crippen LogP contribution in [0.15, 0.2) is 40.4 Å². The van der Waals surface area contributed by atoms with Crippen molar-refractivity contribution in [2.75, 3.05) is 11.6 Å². The zero-order valence-corrected chi connectivity index (χ0v) is 13.6. The molecule has 1 aliphatic heterocycles. The van der Waals surface area contributed by atoms with E-state index < -0.39 is 17.4 Å². The molecule has 0 bridgehead atoms. The van der Waals surface area contributed by atoms with E-state index in [1.165, 1.54) is 11.9 Å². The van der Waals surface area contributed by atoms with Crippen molar-refractivity contribution in [2.24, 2.45) is 10.1 Å². The summed E-state index contributed by atoms with van der Waals surface area (Å²) in [5.74, 6) is -1.19. The zero-order valence-electron chi connectivity index (χ0n) is 13.6. The number of carbonyl (C=O) groups is 2. The Labute approximate surface area is 134 Å². The van der Waals surface area contributed by atoms with Crippen LogP contribution in [-0.4, -0.2) is 45.6 Å². The van der Waals surface area contributed by atoms with E-state index in [1.807, 2.05) is 13.0 Å². The highest BCUT2D eigenvalue weighted by molar-refractivity contribution is 6.37. The van der Waals surface area contributed by atoms with Crippen LogP contribution in [0.1, 0.15) is 27.7 Å². The minimum Gasteiger partial charge on any atom is -0.291 e. The van der Waals surface area contributed by atoms with Gasteiger partial charge in [0.1, 0.15) is 0 Å². The monoisotopic (exact) mass is 316 g/mol. The molecule has 1 N–H and O–H groups in total. The molecule has 1 aliphatic rings. The number of amides is 2. The summed E-state index contributed by atoms with van der Waals surface area (Å²) in [5, 5.41) is 16.2. The van der Waals surface area contributed by atoms with Gasteiger partial charge in [-0.3, -0.25) is 19.8 Å². The first-order valence-corrected chi connectivity index (χ1v) is 7.33. The Morgan fingerprint density at radius 3 is 2.48 bits per heavy atom. The summed E-state index contributed by atoms with van der Waals surface area (Å²) in [6, 6.07) is 8.84. The lowest BCUT2D eigenvalue weighted by molar-refractivity contribution is -0.176. The lowest BCUT2D eigenvalue weighted by atomic mass is 9.87. The number of anilines is 1. The van der Waals surface area contributed by atoms with E-state index >= 15 is 0 Å². The normalized spacial score (nSPS) is 21.4. The number of hydroxylamine groups is 2. The lowest BCUT2D eigenvalue weighted by Gasteiger charge is -2.34. The van der Waals surface area contributed by atoms with Crippen molar-refractivity contribution in [3.05, 3.63) is 30.3 Å². The molecule has 1 unspecified atom stereocenters. The highest BCUT2D eigenvalue weighted by Crippen LogP contribution is 2.31. The second kappa shape index (κ2) is 6.29. The molecule has 2 rings (SSSR count). The molecule has 0 saturated carbocycles. The fraction of sp³-hybridized carbons (Fsp3) is 0.375. The van der Waals surface area contributed by atoms with Gasteiger partial charge >= 0.3 is 0 Å². The van der Waals surface area contributed by atoms with Gasteiger partial charge in [0.25, 0.3) is 5.91 Å². The maximum atomic E-state index is 13.1. The standard InChI is InChI=1S/C16H20N4O3/c1-5-17-11(2)16(20(23)13(4)21)12(3)18-19(15(16)22)14-9-7-6-8-10-14/h6-10,23H,5H2,1-4H3/b17-11+. The number of rotatable bonds is 4. The van der Waals surface area contributed by atoms with Crippen LogP contribution >= 0.6 is 0 Å². The predicted molar refractivity (Wildman–Crippen MR) is 87.7 cm³/mol. The Hall–Kier alpha value is -2.54. The van der Waals surface area contributed by atoms with E-state index in [9.17, 15) is 14.8 Å². The van der Waals surface area contributed by atoms with E-state index in [2.05, 4.69) is 10.1 Å². The quantitative estimate of drug-likeness (QED) is 0.523. The van der Waals surface area contributed by atoms with Crippen molar-refractivity contribution in [2.45, 2.75) is 33.2 Å². The minimum absolute atomic E-state index is 0.291. The van der Waals surface area contributed by atoms with Crippen LogP contribution in [0.4, 0.5) is 5.69 Å². The average Bonchev–Trinajstić information content (AvgIpc) is 2.80. The van der Waals surface area contributed by atoms with Gasteiger partial charge in [-0.15, -0.1) is 0 Å². The maximum Gasteiger partial charge on any atom is 0.287 e. The summed E-state index contributed by atoms with van der Waals surface area (Å²) in [5.41, 5.74) is -0.529. The molecular weight excluding hydrogens is 296 g/mol. The first kappa shape index (κ1) is 16.8. The highest BCUT2D eigenvalue weighted by atomic mass is 16.5. The summed E-state index contributed by atoms with van der Waals surface area (Å²) in [6.07, 6.45) is 0. The molecule has 1 aromatic rings. The highest BCUT2D eigenvalue weighted by Gasteiger charge is 2.57. The molecule has 0 fully saturated rings. The van der Waals surface area contributed by atoms with E-state index in [0.29, 0.717) is 28.7 Å². The van der Waals surface area contributed by atoms with Gasteiger partial charge in [0.05, 0.1) is 17.1 Å². The fourth-order valence-corrected chi connectivity index (χ4v) is 2.72. The Morgan fingerprint density at radius 1 is 1.35 bits per heavy atom. The molecule has 7 heteroatoms. The van der Waals surface area contributed by atoms with Crippen molar-refractivity contribution < 1.29 is 14.8 Å². The summed E-state index contributed by atoms with van der Waals surface area (Å²) in [6.45, 7) is 6.63. The van der Waals surface area contributed by atoms with Crippen LogP contribution in [0.2, 0.25) is 0 Å². The van der Waals surface area contributed by atoms with Crippen molar-refractivity contribution >= 4 is 28.9 Å². The van der Waals surface area contributed by atoms with Crippen LogP contribution in [0.5, 0.6) is 0 Å². The Kier molecular flexibility index (Phi) is 4.60. The number of para-hydroxylation sites is 1. The van der Waals surface area contributed by atoms with Gasteiger partial charge in [-0.2, -0.15) is 15.2 Å². The molecule has 1 aromatic carbocycles. The first-order valence-electron chi connectivity index (χ1n) is 7.33. The van der Waals surface area contributed by atoms with Crippen molar-refractivity contribution in [1.82, 2.24) is 5.06 Å². The topological polar surface area (TPSA) is 85.6 Å². The fourth-order valence-electron chi connectivity index (χ4n) is 2.72. The van der Waals surface area contributed by atoms with Crippen LogP contribution in [0, 0.1) is 0 Å². The number of carbonyl (C=O) groups excluding carboxylic acids is 2. The number of hydrogen-bond acceptors (Lipinski definition) is 5. The number of aliphatic imine (C=N–C) groups is 1. The first-order chi connectivity index (χ1) is 10.9. The second-order valence-corrected chi connectivity index (χ2v) is 5.24. The molecule has 0 aromatic heterocycles. The summed E-state index contributed by atoms with van der Waals surface area (Å²) < 4.78 is 0. The molecule has 23 heavy (non-hydrogen) atoms. The van der Waals surface area contributed by atoms with E-state index in [4.69, 9.17) is 0 Å². The molecule has 0 radical (unpaired) electrons. The smallest absolute Gasteiger partial charge is 0.287 e. The lowest BCUT2D eigenvalue weighted by Crippen LogP contribution is -2.64. The molecule has 2 amide bonds. The Bertz CT molecular complexity index is 684. The largest absolute Gasteiger partial charge is 0.291 e. The number of nitrogens with zero attached hydrogens (tertiary/aromatic N) is 4. The molecule has 1 heterocycles. The van der Waals surface area contributed by atoms with Crippen LogP contribution in [0.3, 0.4) is 0 Å². The molecule has 7 nitrogen and oxygen atoms in total. The second-order valence-electron chi connectivity index (χ2n) is 5.24. The summed E-state index contributed by atoms with van der Waals surface area (Å²) in [4.78, 5) is 29.1. The zero-order chi connectivity index (χ0) is 17.2. The van der Waals surface area contributed by atoms with Crippen LogP contribution in [0.25, 0.3) is 0 Å². The van der Waals surface area contributed by atoms with Gasteiger partial charge in [-0.05, 0) is 32.9 Å². The maximum absolute atomic E-state index is 13.1. The average molecular weight is 316 g/mol. The number of hydrogen-bond donors (Lipinski definition) is 1. The molecule has 0 saturated heterocycles. The van der Waals surface area contributed by atoms with Gasteiger partial charge in [0, 0.05) is 13.5 Å². The van der Waals surface area contributed by atoms with E-state index in [0.717, 1.165) is 0 Å². The van der Waals surface area contributed by atoms with Gasteiger partial charge in [0.15, 0.2) is 0 Å². The SMILES string of the molecule is CC/N=C(\C)C1(N(O)C(C)=O)C(=O)N(c2ccccc2)N=C1C. The van der Waals surface area contributed by atoms with Gasteiger partial charge in [-0.1, -0.05) is 18.2 Å². The van der Waals surface area contributed by atoms with Gasteiger partial charge in [-0.25, -0.2) is 0 Å². The van der Waals surface area contributed by atoms with Crippen LogP contribution in [-0.2, 0) is 9.59 Å². The van der Waals surface area contributed by atoms with Crippen molar-refractivity contribution in [1.29, 1.82) is 0 Å². The summed E-state index contributed by atoms with van der Waals surface area (Å²) >= 11 is 0. The van der Waals surface area contributed by atoms with Crippen LogP contribution < -0.4 is 5.01 Å². The third kappa shape index (κ3) is 2.53. The van der Waals surface area contributed by atoms with E-state index in [1.54, 1.807) is 38.1 Å². The molecule has 1 atom stereocenters. The van der Waals surface area contributed by atoms with Crippen molar-refractivity contribution in [3.63, 3.8) is 0 Å². The molecule has 0 spiro atoms.